The third-order valence-corrected chi connectivity index (χ3v) is 6.61. The van der Waals surface area contributed by atoms with Crippen LogP contribution in [0.3, 0.4) is 0 Å². The highest BCUT2D eigenvalue weighted by Crippen LogP contribution is 2.28. The molecule has 0 saturated carbocycles. The van der Waals surface area contributed by atoms with Crippen molar-refractivity contribution in [3.8, 4) is 0 Å². The monoisotopic (exact) mass is 418 g/mol. The maximum absolute atomic E-state index is 13.2. The maximum atomic E-state index is 13.2. The number of nitrogens with zero attached hydrogens (tertiary/aromatic N) is 1. The highest BCUT2D eigenvalue weighted by Gasteiger charge is 2.22. The van der Waals surface area contributed by atoms with Gasteiger partial charge in [-0.05, 0) is 30.7 Å². The van der Waals surface area contributed by atoms with Gasteiger partial charge < -0.3 is 9.88 Å². The van der Waals surface area contributed by atoms with Crippen LogP contribution in [0.5, 0.6) is 0 Å². The van der Waals surface area contributed by atoms with Crippen molar-refractivity contribution in [1.29, 1.82) is 0 Å². The van der Waals surface area contributed by atoms with Gasteiger partial charge in [0.15, 0.2) is 9.84 Å². The Morgan fingerprint density at radius 3 is 2.43 bits per heavy atom. The first-order chi connectivity index (χ1) is 14.4. The third kappa shape index (κ3) is 4.28. The number of fused-ring (bicyclic) bond motifs is 1. The Morgan fingerprint density at radius 1 is 0.933 bits per heavy atom. The number of benzene rings is 3. The molecule has 3 aromatic carbocycles. The summed E-state index contributed by atoms with van der Waals surface area (Å²) in [5.74, 6) is -0.302. The van der Waals surface area contributed by atoms with Crippen molar-refractivity contribution >= 4 is 32.3 Å². The highest BCUT2D eigenvalue weighted by atomic mass is 32.2. The molecule has 6 heteroatoms. The molecule has 30 heavy (non-hydrogen) atoms. The van der Waals surface area contributed by atoms with Gasteiger partial charge in [-0.3, -0.25) is 4.79 Å². The van der Waals surface area contributed by atoms with E-state index in [4.69, 9.17) is 0 Å². The van der Waals surface area contributed by atoms with Crippen LogP contribution in [0.1, 0.15) is 11.1 Å². The first kappa shape index (κ1) is 19.9. The average molecular weight is 419 g/mol. The molecule has 0 aliphatic carbocycles. The lowest BCUT2D eigenvalue weighted by Gasteiger charge is -2.07. The van der Waals surface area contributed by atoms with Crippen molar-refractivity contribution in [2.45, 2.75) is 24.1 Å². The van der Waals surface area contributed by atoms with Crippen molar-refractivity contribution < 1.29 is 13.2 Å². The molecule has 0 unspecified atom stereocenters. The number of para-hydroxylation sites is 2. The summed E-state index contributed by atoms with van der Waals surface area (Å²) in [6, 6.07) is 23.9. The normalized spacial score (nSPS) is 11.5. The molecule has 1 heterocycles. The number of carbonyl (C=O) groups excluding carboxylic acids is 1. The molecule has 0 spiro atoms. The summed E-state index contributed by atoms with van der Waals surface area (Å²) in [6.07, 6.45) is 1.57. The van der Waals surface area contributed by atoms with Crippen LogP contribution in [0.4, 0.5) is 5.69 Å². The Morgan fingerprint density at radius 2 is 1.67 bits per heavy atom. The van der Waals surface area contributed by atoms with Gasteiger partial charge in [0.2, 0.25) is 5.91 Å². The van der Waals surface area contributed by atoms with E-state index in [1.807, 2.05) is 79.7 Å². The van der Waals surface area contributed by atoms with Gasteiger partial charge in [-0.1, -0.05) is 66.2 Å². The second-order valence-corrected chi connectivity index (χ2v) is 9.26. The molecule has 4 rings (SSSR count). The van der Waals surface area contributed by atoms with Crippen LogP contribution in [0.15, 0.2) is 90.0 Å². The first-order valence-corrected chi connectivity index (χ1v) is 11.3. The quantitative estimate of drug-likeness (QED) is 0.499. The number of nitrogens with one attached hydrogen (secondary N) is 1. The van der Waals surface area contributed by atoms with Crippen molar-refractivity contribution in [2.24, 2.45) is 0 Å². The van der Waals surface area contributed by atoms with Crippen LogP contribution in [0.2, 0.25) is 0 Å². The number of carbonyl (C=O) groups is 1. The zero-order chi connectivity index (χ0) is 21.1. The summed E-state index contributed by atoms with van der Waals surface area (Å²) >= 11 is 0. The molecular weight excluding hydrogens is 396 g/mol. The van der Waals surface area contributed by atoms with E-state index >= 15 is 0 Å². The summed E-state index contributed by atoms with van der Waals surface area (Å²) in [4.78, 5) is 12.8. The molecule has 0 radical (unpaired) electrons. The Balaban J connectivity index is 1.66. The van der Waals surface area contributed by atoms with E-state index in [-0.39, 0.29) is 23.1 Å². The van der Waals surface area contributed by atoms with E-state index < -0.39 is 9.84 Å². The average Bonchev–Trinajstić information content (AvgIpc) is 3.08. The Bertz CT molecular complexity index is 1310. The molecule has 0 aliphatic rings. The number of sulfone groups is 1. The minimum atomic E-state index is -3.58. The molecule has 1 N–H and O–H groups in total. The van der Waals surface area contributed by atoms with Crippen molar-refractivity contribution in [3.63, 3.8) is 0 Å². The van der Waals surface area contributed by atoms with Gasteiger partial charge in [0.05, 0.1) is 10.6 Å². The van der Waals surface area contributed by atoms with Crippen molar-refractivity contribution in [3.05, 3.63) is 96.2 Å². The van der Waals surface area contributed by atoms with Gasteiger partial charge in [-0.2, -0.15) is 0 Å². The molecule has 1 amide bonds. The van der Waals surface area contributed by atoms with Crippen LogP contribution in [-0.2, 0) is 26.9 Å². The summed E-state index contributed by atoms with van der Waals surface area (Å²) in [7, 11) is -3.58. The summed E-state index contributed by atoms with van der Waals surface area (Å²) in [5.41, 5.74) is 3.17. The number of hydrogen-bond acceptors (Lipinski definition) is 3. The molecule has 0 saturated heterocycles. The largest absolute Gasteiger partial charge is 0.337 e. The molecule has 0 aliphatic heterocycles. The Hall–Kier alpha value is -3.38. The fourth-order valence-electron chi connectivity index (χ4n) is 3.57. The lowest BCUT2D eigenvalue weighted by atomic mass is 10.2. The lowest BCUT2D eigenvalue weighted by Crippen LogP contribution is -2.18. The van der Waals surface area contributed by atoms with Crippen molar-refractivity contribution in [2.75, 3.05) is 5.32 Å². The number of amides is 1. The molecule has 0 fully saturated rings. The molecule has 5 nitrogen and oxygen atoms in total. The van der Waals surface area contributed by atoms with Crippen LogP contribution in [0, 0.1) is 6.92 Å². The van der Waals surface area contributed by atoms with E-state index in [1.165, 1.54) is 0 Å². The fraction of sp³-hybridized carbons (Fsp3) is 0.125. The fourth-order valence-corrected chi connectivity index (χ4v) is 5.14. The number of hydrogen-bond donors (Lipinski definition) is 1. The van der Waals surface area contributed by atoms with E-state index in [0.29, 0.717) is 16.6 Å². The Labute approximate surface area is 175 Å². The van der Waals surface area contributed by atoms with Crippen LogP contribution < -0.4 is 5.32 Å². The molecule has 4 aromatic rings. The molecule has 152 valence electrons. The van der Waals surface area contributed by atoms with E-state index in [2.05, 4.69) is 5.32 Å². The second-order valence-electron chi connectivity index (χ2n) is 7.30. The minimum absolute atomic E-state index is 0.0232. The predicted octanol–water partition coefficient (Wildman–Crippen LogP) is 4.56. The topological polar surface area (TPSA) is 68.2 Å². The highest BCUT2D eigenvalue weighted by molar-refractivity contribution is 7.90. The number of aromatic nitrogens is 1. The number of rotatable bonds is 6. The van der Waals surface area contributed by atoms with Gasteiger partial charge >= 0.3 is 0 Å². The van der Waals surface area contributed by atoms with Crippen molar-refractivity contribution in [1.82, 2.24) is 4.57 Å². The van der Waals surface area contributed by atoms with Crippen LogP contribution in [0.25, 0.3) is 10.9 Å². The van der Waals surface area contributed by atoms with E-state index in [9.17, 15) is 13.2 Å². The van der Waals surface area contributed by atoms with Crippen LogP contribution >= 0.6 is 0 Å². The molecular formula is C24H22N2O3S. The Kier molecular flexibility index (Phi) is 5.42. The number of anilines is 1. The summed E-state index contributed by atoms with van der Waals surface area (Å²) in [5, 5.41) is 3.46. The smallest absolute Gasteiger partial charge is 0.244 e. The SMILES string of the molecule is Cc1cccc(CS(=O)(=O)c2cn(CC(=O)Nc3ccccc3)c3ccccc23)c1. The van der Waals surface area contributed by atoms with E-state index in [0.717, 1.165) is 11.1 Å². The number of aryl methyl sites for hydroxylation is 1. The second kappa shape index (κ2) is 8.16. The first-order valence-electron chi connectivity index (χ1n) is 9.63. The zero-order valence-electron chi connectivity index (χ0n) is 16.6. The van der Waals surface area contributed by atoms with Gasteiger partial charge in [0.25, 0.3) is 0 Å². The summed E-state index contributed by atoms with van der Waals surface area (Å²) in [6.45, 7) is 1.96. The van der Waals surface area contributed by atoms with E-state index in [1.54, 1.807) is 16.8 Å². The third-order valence-electron chi connectivity index (χ3n) is 4.90. The maximum Gasteiger partial charge on any atom is 0.244 e. The standard InChI is InChI=1S/C24H22N2O3S/c1-18-8-7-9-19(14-18)17-30(28,29)23-15-26(22-13-6-5-12-21(22)23)16-24(27)25-20-10-3-2-4-11-20/h2-15H,16-17H2,1H3,(H,25,27). The van der Waals surface area contributed by atoms with Gasteiger partial charge in [0, 0.05) is 22.8 Å². The molecule has 0 atom stereocenters. The predicted molar refractivity (Wildman–Crippen MR) is 119 cm³/mol. The van der Waals surface area contributed by atoms with Gasteiger partial charge in [0.1, 0.15) is 6.54 Å². The minimum Gasteiger partial charge on any atom is -0.337 e. The molecule has 1 aromatic heterocycles. The van der Waals surface area contributed by atoms with Gasteiger partial charge in [-0.15, -0.1) is 0 Å². The van der Waals surface area contributed by atoms with Gasteiger partial charge in [-0.25, -0.2) is 8.42 Å². The van der Waals surface area contributed by atoms with Crippen LogP contribution in [-0.4, -0.2) is 18.9 Å². The summed E-state index contributed by atoms with van der Waals surface area (Å²) < 4.78 is 28.1. The lowest BCUT2D eigenvalue weighted by molar-refractivity contribution is -0.116. The molecule has 0 bridgehead atoms. The zero-order valence-corrected chi connectivity index (χ0v) is 17.4.